The summed E-state index contributed by atoms with van der Waals surface area (Å²) in [6, 6.07) is 9.52. The minimum Gasteiger partial charge on any atom is -0.325 e. The second-order valence-electron chi connectivity index (χ2n) is 4.13. The highest BCUT2D eigenvalue weighted by Crippen LogP contribution is 2.10. The molecule has 1 aromatic carbocycles. The molecule has 0 aliphatic rings. The molecule has 1 rings (SSSR count). The molecule has 0 saturated carbocycles. The van der Waals surface area contributed by atoms with Gasteiger partial charge in [0.25, 0.3) is 0 Å². The molecule has 0 fully saturated rings. The number of nitrogens with one attached hydrogen (secondary N) is 1. The molecule has 17 heavy (non-hydrogen) atoms. The van der Waals surface area contributed by atoms with Crippen LogP contribution in [0.3, 0.4) is 0 Å². The Morgan fingerprint density at radius 3 is 2.53 bits per heavy atom. The van der Waals surface area contributed by atoms with Gasteiger partial charge in [-0.3, -0.25) is 4.79 Å². The minimum atomic E-state index is -0.270. The van der Waals surface area contributed by atoms with Crippen LogP contribution in [0.4, 0.5) is 5.69 Å². The summed E-state index contributed by atoms with van der Waals surface area (Å²) in [6.07, 6.45) is 0.877. The summed E-state index contributed by atoms with van der Waals surface area (Å²) >= 11 is 0. The highest BCUT2D eigenvalue weighted by molar-refractivity contribution is 5.91. The van der Waals surface area contributed by atoms with Crippen molar-refractivity contribution in [1.82, 2.24) is 4.90 Å². The Balaban J connectivity index is 2.50. The summed E-state index contributed by atoms with van der Waals surface area (Å²) in [6.45, 7) is 1.00. The van der Waals surface area contributed by atoms with Gasteiger partial charge >= 0.3 is 0 Å². The number of likely N-dealkylation sites (N-methyl/N-ethyl adjacent to an activating group) is 1. The third kappa shape index (κ3) is 5.14. The molecule has 0 radical (unpaired) electrons. The number of anilines is 1. The third-order valence-corrected chi connectivity index (χ3v) is 2.32. The molecule has 0 aliphatic heterocycles. The van der Waals surface area contributed by atoms with Crippen molar-refractivity contribution in [2.24, 2.45) is 0 Å². The maximum Gasteiger partial charge on any atom is 0.238 e. The van der Waals surface area contributed by atoms with Crippen LogP contribution >= 0.6 is 0 Å². The Morgan fingerprint density at radius 2 is 2.00 bits per heavy atom. The number of rotatable bonds is 5. The van der Waals surface area contributed by atoms with E-state index in [2.05, 4.69) is 10.2 Å². The maximum atomic E-state index is 11.2. The van der Waals surface area contributed by atoms with Gasteiger partial charge in [0.2, 0.25) is 5.91 Å². The van der Waals surface area contributed by atoms with Gasteiger partial charge in [-0.25, -0.2) is 0 Å². The van der Waals surface area contributed by atoms with Crippen LogP contribution in [-0.4, -0.2) is 31.4 Å². The van der Waals surface area contributed by atoms with Crippen molar-refractivity contribution in [3.8, 4) is 6.07 Å². The quantitative estimate of drug-likeness (QED) is 0.838. The Morgan fingerprint density at radius 1 is 1.35 bits per heavy atom. The fourth-order valence-corrected chi connectivity index (χ4v) is 1.38. The molecule has 0 unspecified atom stereocenters. The molecule has 0 heterocycles. The molecule has 0 aliphatic carbocycles. The van der Waals surface area contributed by atoms with Crippen molar-refractivity contribution in [3.63, 3.8) is 0 Å². The molecule has 1 aromatic rings. The number of carbonyl (C=O) groups excluding carboxylic acids is 1. The summed E-state index contributed by atoms with van der Waals surface area (Å²) in [5.74, 6) is -0.270. The summed E-state index contributed by atoms with van der Waals surface area (Å²) in [5, 5.41) is 11.0. The van der Waals surface area contributed by atoms with Crippen molar-refractivity contribution in [3.05, 3.63) is 29.8 Å². The van der Waals surface area contributed by atoms with E-state index in [0.717, 1.165) is 18.7 Å². The first kappa shape index (κ1) is 13.2. The van der Waals surface area contributed by atoms with Crippen LogP contribution in [0.15, 0.2) is 24.3 Å². The van der Waals surface area contributed by atoms with Crippen molar-refractivity contribution in [2.45, 2.75) is 12.8 Å². The lowest BCUT2D eigenvalue weighted by molar-refractivity contribution is -0.115. The lowest BCUT2D eigenvalue weighted by Crippen LogP contribution is -2.15. The molecule has 4 nitrogen and oxygen atoms in total. The van der Waals surface area contributed by atoms with Crippen molar-refractivity contribution in [1.29, 1.82) is 5.26 Å². The highest BCUT2D eigenvalue weighted by atomic mass is 16.1. The molecule has 4 heteroatoms. The maximum absolute atomic E-state index is 11.2. The van der Waals surface area contributed by atoms with E-state index in [9.17, 15) is 4.79 Å². The predicted octanol–water partition coefficient (Wildman–Crippen LogP) is 1.64. The first-order valence-corrected chi connectivity index (χ1v) is 5.52. The van der Waals surface area contributed by atoms with E-state index in [4.69, 9.17) is 5.26 Å². The van der Waals surface area contributed by atoms with E-state index in [1.807, 2.05) is 44.4 Å². The molecule has 1 N–H and O–H groups in total. The molecule has 0 spiro atoms. The lowest BCUT2D eigenvalue weighted by atomic mass is 10.1. The predicted molar refractivity (Wildman–Crippen MR) is 67.6 cm³/mol. The van der Waals surface area contributed by atoms with Crippen molar-refractivity contribution >= 4 is 11.6 Å². The fourth-order valence-electron chi connectivity index (χ4n) is 1.38. The smallest absolute Gasteiger partial charge is 0.238 e. The molecule has 0 atom stereocenters. The van der Waals surface area contributed by atoms with Crippen molar-refractivity contribution < 1.29 is 4.79 Å². The standard InChI is InChI=1S/C13H17N3O/c1-16(2)10-8-11-3-5-12(6-4-11)15-13(17)7-9-14/h3-6H,7-8,10H2,1-2H3,(H,15,17). The van der Waals surface area contributed by atoms with Crippen molar-refractivity contribution in [2.75, 3.05) is 26.0 Å². The van der Waals surface area contributed by atoms with Crippen LogP contribution in [0.5, 0.6) is 0 Å². The van der Waals surface area contributed by atoms with Gasteiger partial charge in [0.15, 0.2) is 0 Å². The average molecular weight is 231 g/mol. The van der Waals surface area contributed by atoms with Gasteiger partial charge in [-0.2, -0.15) is 5.26 Å². The normalized spacial score (nSPS) is 10.0. The van der Waals surface area contributed by atoms with Crippen LogP contribution in [0, 0.1) is 11.3 Å². The highest BCUT2D eigenvalue weighted by Gasteiger charge is 2.01. The summed E-state index contributed by atoms with van der Waals surface area (Å²) in [5.41, 5.74) is 1.97. The zero-order valence-electron chi connectivity index (χ0n) is 10.2. The average Bonchev–Trinajstić information content (AvgIpc) is 2.28. The molecule has 0 bridgehead atoms. The van der Waals surface area contributed by atoms with Crippen LogP contribution < -0.4 is 5.32 Å². The SMILES string of the molecule is CN(C)CCc1ccc(NC(=O)CC#N)cc1. The second-order valence-corrected chi connectivity index (χ2v) is 4.13. The van der Waals surface area contributed by atoms with Crippen LogP contribution in [-0.2, 0) is 11.2 Å². The number of hydrogen-bond acceptors (Lipinski definition) is 3. The largest absolute Gasteiger partial charge is 0.325 e. The van der Waals surface area contributed by atoms with E-state index < -0.39 is 0 Å². The van der Waals surface area contributed by atoms with Crippen LogP contribution in [0.2, 0.25) is 0 Å². The Labute approximate surface area is 102 Å². The summed E-state index contributed by atoms with van der Waals surface area (Å²) < 4.78 is 0. The second kappa shape index (κ2) is 6.66. The Hall–Kier alpha value is -1.86. The number of hydrogen-bond donors (Lipinski definition) is 1. The first-order valence-electron chi connectivity index (χ1n) is 5.52. The number of benzene rings is 1. The van der Waals surface area contributed by atoms with Crippen LogP contribution in [0.25, 0.3) is 0 Å². The third-order valence-electron chi connectivity index (χ3n) is 2.32. The topological polar surface area (TPSA) is 56.1 Å². The molecule has 90 valence electrons. The van der Waals surface area contributed by atoms with Gasteiger partial charge in [-0.15, -0.1) is 0 Å². The van der Waals surface area contributed by atoms with Gasteiger partial charge < -0.3 is 10.2 Å². The number of nitriles is 1. The molecular formula is C13H17N3O. The van der Waals surface area contributed by atoms with E-state index in [1.165, 1.54) is 5.56 Å². The molecule has 1 amide bonds. The molecule has 0 aromatic heterocycles. The monoisotopic (exact) mass is 231 g/mol. The summed E-state index contributed by atoms with van der Waals surface area (Å²) in [7, 11) is 4.08. The van der Waals surface area contributed by atoms with E-state index >= 15 is 0 Å². The van der Waals surface area contributed by atoms with Gasteiger partial charge in [0.1, 0.15) is 6.42 Å². The number of nitrogens with zero attached hydrogens (tertiary/aromatic N) is 2. The zero-order chi connectivity index (χ0) is 12.7. The number of carbonyl (C=O) groups is 1. The van der Waals surface area contributed by atoms with Gasteiger partial charge in [0, 0.05) is 12.2 Å². The van der Waals surface area contributed by atoms with E-state index in [-0.39, 0.29) is 12.3 Å². The van der Waals surface area contributed by atoms with Crippen LogP contribution in [0.1, 0.15) is 12.0 Å². The zero-order valence-corrected chi connectivity index (χ0v) is 10.2. The number of amides is 1. The van der Waals surface area contributed by atoms with E-state index in [0.29, 0.717) is 0 Å². The fraction of sp³-hybridized carbons (Fsp3) is 0.385. The minimum absolute atomic E-state index is 0.109. The van der Waals surface area contributed by atoms with Gasteiger partial charge in [0.05, 0.1) is 6.07 Å². The lowest BCUT2D eigenvalue weighted by Gasteiger charge is -2.09. The summed E-state index contributed by atoms with van der Waals surface area (Å²) in [4.78, 5) is 13.3. The van der Waals surface area contributed by atoms with Gasteiger partial charge in [-0.05, 0) is 38.2 Å². The Kier molecular flexibility index (Phi) is 5.18. The van der Waals surface area contributed by atoms with E-state index in [1.54, 1.807) is 0 Å². The van der Waals surface area contributed by atoms with Gasteiger partial charge in [-0.1, -0.05) is 12.1 Å². The molecule has 0 saturated heterocycles. The first-order chi connectivity index (χ1) is 8.11. The Bertz CT molecular complexity index is 404. The molecular weight excluding hydrogens is 214 g/mol.